The first kappa shape index (κ1) is 28.4. The molecule has 2 aliphatic rings. The number of rotatable bonds is 7. The van der Waals surface area contributed by atoms with Crippen molar-refractivity contribution >= 4 is 58.2 Å². The number of nitrogens with one attached hydrogen (secondary N) is 1. The molecule has 3 amide bonds. The summed E-state index contributed by atoms with van der Waals surface area (Å²) in [6.07, 6.45) is 0. The van der Waals surface area contributed by atoms with E-state index in [4.69, 9.17) is 4.74 Å². The van der Waals surface area contributed by atoms with Crippen LogP contribution in [0.3, 0.4) is 0 Å². The zero-order valence-corrected chi connectivity index (χ0v) is 24.4. The molecule has 1 saturated heterocycles. The van der Waals surface area contributed by atoms with Crippen LogP contribution in [-0.2, 0) is 25.7 Å². The number of phenolic OH excluding ortho intramolecular Hbond substituents is 1. The molecule has 3 aromatic carbocycles. The highest BCUT2D eigenvalue weighted by Crippen LogP contribution is 2.55. The summed E-state index contributed by atoms with van der Waals surface area (Å²) in [4.78, 5) is 67.4. The standard InChI is InChI=1S/C31H25N3O7S2/c1-2-41-30(39)17-12-14-19(15-13-17)34-27(37)24-23(20-10-6-7-11-21(20)35)26-29(42-25(24)28(34)38)33(31(40)43-26)16-22(36)32-18-8-4-3-5-9-18/h3-15,23-25,35H,2,16H2,1H3,(H,32,36). The monoisotopic (exact) mass is 615 g/mol. The largest absolute Gasteiger partial charge is 0.508 e. The number of benzene rings is 3. The number of carbonyl (C=O) groups excluding carboxylic acids is 4. The Morgan fingerprint density at radius 3 is 2.33 bits per heavy atom. The van der Waals surface area contributed by atoms with Gasteiger partial charge in [0.1, 0.15) is 17.5 Å². The number of phenols is 1. The van der Waals surface area contributed by atoms with Crippen molar-refractivity contribution in [2.75, 3.05) is 16.8 Å². The van der Waals surface area contributed by atoms with Gasteiger partial charge in [-0.15, -0.1) is 0 Å². The van der Waals surface area contributed by atoms with Crippen molar-refractivity contribution in [1.82, 2.24) is 4.57 Å². The van der Waals surface area contributed by atoms with E-state index in [1.807, 2.05) is 6.07 Å². The van der Waals surface area contributed by atoms with E-state index in [1.165, 1.54) is 34.9 Å². The average Bonchev–Trinajstić information content (AvgIpc) is 3.44. The predicted molar refractivity (Wildman–Crippen MR) is 162 cm³/mol. The number of ether oxygens (including phenoxy) is 1. The van der Waals surface area contributed by atoms with Crippen molar-refractivity contribution in [2.45, 2.75) is 29.7 Å². The Balaban J connectivity index is 1.39. The van der Waals surface area contributed by atoms with Crippen LogP contribution in [-0.4, -0.2) is 45.2 Å². The third kappa shape index (κ3) is 5.12. The van der Waals surface area contributed by atoms with Crippen LogP contribution in [0.4, 0.5) is 11.4 Å². The number of carbonyl (C=O) groups is 4. The lowest BCUT2D eigenvalue weighted by atomic mass is 9.82. The average molecular weight is 616 g/mol. The van der Waals surface area contributed by atoms with Crippen molar-refractivity contribution in [1.29, 1.82) is 0 Å². The summed E-state index contributed by atoms with van der Waals surface area (Å²) in [6.45, 7) is 1.61. The minimum absolute atomic E-state index is 0.0733. The molecule has 0 saturated carbocycles. The second kappa shape index (κ2) is 11.5. The number of para-hydroxylation sites is 2. The van der Waals surface area contributed by atoms with E-state index in [2.05, 4.69) is 5.32 Å². The number of aromatic hydroxyl groups is 1. The molecule has 2 N–H and O–H groups in total. The van der Waals surface area contributed by atoms with Crippen molar-refractivity contribution in [3.63, 3.8) is 0 Å². The summed E-state index contributed by atoms with van der Waals surface area (Å²) in [5, 5.41) is 13.1. The molecular formula is C31H25N3O7S2. The first-order valence-electron chi connectivity index (χ1n) is 13.5. The van der Waals surface area contributed by atoms with E-state index >= 15 is 0 Å². The maximum absolute atomic E-state index is 14.0. The molecule has 10 nitrogen and oxygen atoms in total. The van der Waals surface area contributed by atoms with Crippen LogP contribution < -0.4 is 15.1 Å². The molecule has 3 atom stereocenters. The lowest BCUT2D eigenvalue weighted by molar-refractivity contribution is -0.122. The van der Waals surface area contributed by atoms with Crippen molar-refractivity contribution in [3.05, 3.63) is 105 Å². The van der Waals surface area contributed by atoms with E-state index in [9.17, 15) is 29.1 Å². The first-order chi connectivity index (χ1) is 20.8. The number of hydrogen-bond acceptors (Lipinski definition) is 9. The molecule has 0 spiro atoms. The highest BCUT2D eigenvalue weighted by Gasteiger charge is 2.57. The summed E-state index contributed by atoms with van der Waals surface area (Å²) in [6, 6.07) is 21.4. The smallest absolute Gasteiger partial charge is 0.338 e. The molecule has 3 unspecified atom stereocenters. The Morgan fingerprint density at radius 1 is 0.930 bits per heavy atom. The first-order valence-corrected chi connectivity index (χ1v) is 15.2. The molecule has 218 valence electrons. The van der Waals surface area contributed by atoms with Gasteiger partial charge in [-0.3, -0.25) is 23.7 Å². The Hall–Kier alpha value is -4.68. The van der Waals surface area contributed by atoms with Crippen molar-refractivity contribution in [2.24, 2.45) is 5.92 Å². The predicted octanol–water partition coefficient (Wildman–Crippen LogP) is 4.23. The molecule has 43 heavy (non-hydrogen) atoms. The summed E-state index contributed by atoms with van der Waals surface area (Å²) in [5.74, 6) is -3.72. The number of aromatic nitrogens is 1. The number of fused-ring (bicyclic) bond motifs is 2. The van der Waals surface area contributed by atoms with Gasteiger partial charge in [0.15, 0.2) is 0 Å². The highest BCUT2D eigenvalue weighted by atomic mass is 32.2. The van der Waals surface area contributed by atoms with Gasteiger partial charge in [-0.25, -0.2) is 9.69 Å². The third-order valence-corrected chi connectivity index (χ3v) is 9.92. The lowest BCUT2D eigenvalue weighted by Crippen LogP contribution is -2.33. The molecule has 0 radical (unpaired) electrons. The van der Waals surface area contributed by atoms with E-state index < -0.39 is 45.6 Å². The van der Waals surface area contributed by atoms with Crippen LogP contribution in [0, 0.1) is 5.92 Å². The third-order valence-electron chi connectivity index (χ3n) is 7.32. The number of imide groups is 1. The minimum Gasteiger partial charge on any atom is -0.508 e. The Kier molecular flexibility index (Phi) is 7.63. The van der Waals surface area contributed by atoms with Gasteiger partial charge in [-0.2, -0.15) is 0 Å². The zero-order chi connectivity index (χ0) is 30.2. The molecule has 4 aromatic rings. The van der Waals surface area contributed by atoms with Crippen LogP contribution in [0.25, 0.3) is 0 Å². The second-order valence-corrected chi connectivity index (χ2v) is 12.0. The molecule has 2 aliphatic heterocycles. The number of esters is 1. The van der Waals surface area contributed by atoms with Gasteiger partial charge in [0.2, 0.25) is 17.7 Å². The van der Waals surface area contributed by atoms with E-state index in [0.717, 1.165) is 28.0 Å². The number of amides is 3. The maximum atomic E-state index is 14.0. The fourth-order valence-electron chi connectivity index (χ4n) is 5.42. The number of hydrogen-bond donors (Lipinski definition) is 2. The SMILES string of the molecule is CCOC(=O)c1ccc(N2C(=O)C3Sc4c(sc(=O)n4CC(=O)Nc4ccccc4)C(c4ccccc4O)C3C2=O)cc1. The van der Waals surface area contributed by atoms with Gasteiger partial charge in [-0.05, 0) is 49.4 Å². The number of thioether (sulfide) groups is 1. The Labute approximate surface area is 253 Å². The molecule has 1 aromatic heterocycles. The lowest BCUT2D eigenvalue weighted by Gasteiger charge is -2.31. The summed E-state index contributed by atoms with van der Waals surface area (Å²) >= 11 is 1.98. The quantitative estimate of drug-likeness (QED) is 0.233. The molecule has 0 bridgehead atoms. The second-order valence-electron chi connectivity index (χ2n) is 9.92. The topological polar surface area (TPSA) is 135 Å². The fraction of sp³-hybridized carbons (Fsp3) is 0.194. The maximum Gasteiger partial charge on any atom is 0.338 e. The van der Waals surface area contributed by atoms with Gasteiger partial charge >= 0.3 is 10.8 Å². The molecule has 12 heteroatoms. The summed E-state index contributed by atoms with van der Waals surface area (Å²) in [5.41, 5.74) is 1.55. The number of anilines is 2. The van der Waals surface area contributed by atoms with E-state index in [0.29, 0.717) is 21.2 Å². The Morgan fingerprint density at radius 2 is 1.63 bits per heavy atom. The van der Waals surface area contributed by atoms with Crippen LogP contribution in [0.2, 0.25) is 0 Å². The fourth-order valence-corrected chi connectivity index (χ4v) is 8.19. The minimum atomic E-state index is -0.924. The normalized spacial score (nSPS) is 19.1. The van der Waals surface area contributed by atoms with Gasteiger partial charge < -0.3 is 15.2 Å². The number of nitrogens with zero attached hydrogens (tertiary/aromatic N) is 2. The Bertz CT molecular complexity index is 1800. The van der Waals surface area contributed by atoms with Crippen LogP contribution in [0.15, 0.2) is 88.7 Å². The van der Waals surface area contributed by atoms with Gasteiger partial charge in [0.25, 0.3) is 0 Å². The van der Waals surface area contributed by atoms with Gasteiger partial charge in [0.05, 0.1) is 28.8 Å². The van der Waals surface area contributed by atoms with Gasteiger partial charge in [0, 0.05) is 22.0 Å². The van der Waals surface area contributed by atoms with Crippen molar-refractivity contribution in [3.8, 4) is 5.75 Å². The highest BCUT2D eigenvalue weighted by molar-refractivity contribution is 8.00. The molecule has 6 rings (SSSR count). The molecule has 1 fully saturated rings. The molecule has 3 heterocycles. The van der Waals surface area contributed by atoms with Crippen LogP contribution in [0.1, 0.15) is 33.6 Å². The van der Waals surface area contributed by atoms with Crippen molar-refractivity contribution < 1.29 is 29.0 Å². The van der Waals surface area contributed by atoms with Crippen LogP contribution >= 0.6 is 23.1 Å². The van der Waals surface area contributed by atoms with E-state index in [-0.39, 0.29) is 30.2 Å². The summed E-state index contributed by atoms with van der Waals surface area (Å²) < 4.78 is 6.35. The molecular weight excluding hydrogens is 590 g/mol. The van der Waals surface area contributed by atoms with Crippen LogP contribution in [0.5, 0.6) is 5.75 Å². The zero-order valence-electron chi connectivity index (χ0n) is 22.8. The molecule has 0 aliphatic carbocycles. The van der Waals surface area contributed by atoms with Gasteiger partial charge in [-0.1, -0.05) is 59.5 Å². The summed E-state index contributed by atoms with van der Waals surface area (Å²) in [7, 11) is 0. The van der Waals surface area contributed by atoms with E-state index in [1.54, 1.807) is 49.4 Å². The number of thiazole rings is 1.